The third-order valence-corrected chi connectivity index (χ3v) is 5.64. The molecule has 114 valence electrons. The van der Waals surface area contributed by atoms with Gasteiger partial charge in [-0.15, -0.1) is 0 Å². The molecule has 0 spiro atoms. The van der Waals surface area contributed by atoms with Gasteiger partial charge in [-0.05, 0) is 38.6 Å². The average Bonchev–Trinajstić information content (AvgIpc) is 2.90. The quantitative estimate of drug-likeness (QED) is 0.831. The Bertz CT molecular complexity index is 346. The number of nitrogens with one attached hydrogen (secondary N) is 1. The molecule has 4 unspecified atom stereocenters. The Morgan fingerprint density at radius 3 is 2.75 bits per heavy atom. The Morgan fingerprint density at radius 1 is 1.25 bits per heavy atom. The summed E-state index contributed by atoms with van der Waals surface area (Å²) in [5.41, 5.74) is 0. The number of likely N-dealkylation sites (N-methyl/N-ethyl adjacent to an activating group) is 1. The predicted octanol–water partition coefficient (Wildman–Crippen LogP) is 1.46. The van der Waals surface area contributed by atoms with E-state index in [-0.39, 0.29) is 6.04 Å². The Kier molecular flexibility index (Phi) is 4.32. The smallest absolute Gasteiger partial charge is 0.239 e. The number of carbonyl (C=O) groups excluding carboxylic acids is 1. The molecule has 3 aliphatic rings. The highest BCUT2D eigenvalue weighted by molar-refractivity contribution is 5.82. The molecule has 1 N–H and O–H groups in total. The summed E-state index contributed by atoms with van der Waals surface area (Å²) in [5, 5.41) is 3.63. The Hall–Kier alpha value is -0.610. The molecule has 1 aliphatic carbocycles. The summed E-state index contributed by atoms with van der Waals surface area (Å²) < 4.78 is 0. The molecule has 20 heavy (non-hydrogen) atoms. The van der Waals surface area contributed by atoms with Gasteiger partial charge in [0, 0.05) is 31.7 Å². The molecule has 3 rings (SSSR count). The molecule has 4 heteroatoms. The lowest BCUT2D eigenvalue weighted by atomic mass is 9.85. The van der Waals surface area contributed by atoms with Crippen LogP contribution in [0.2, 0.25) is 0 Å². The zero-order valence-electron chi connectivity index (χ0n) is 13.0. The molecule has 2 saturated heterocycles. The minimum atomic E-state index is 0.100. The Balaban J connectivity index is 1.57. The van der Waals surface area contributed by atoms with Crippen LogP contribution in [0.5, 0.6) is 0 Å². The number of rotatable bonds is 2. The summed E-state index contributed by atoms with van der Waals surface area (Å²) in [6.07, 6.45) is 6.36. The molecule has 4 atom stereocenters. The molecule has 0 aromatic heterocycles. The molecule has 3 fully saturated rings. The first-order chi connectivity index (χ1) is 9.69. The molecule has 1 amide bonds. The Morgan fingerprint density at radius 2 is 2.05 bits per heavy atom. The normalized spacial score (nSPS) is 38.8. The van der Waals surface area contributed by atoms with Crippen LogP contribution in [0.15, 0.2) is 0 Å². The second kappa shape index (κ2) is 6.02. The lowest BCUT2D eigenvalue weighted by molar-refractivity contribution is -0.136. The van der Waals surface area contributed by atoms with E-state index in [9.17, 15) is 4.79 Å². The fourth-order valence-electron chi connectivity index (χ4n) is 4.40. The van der Waals surface area contributed by atoms with Crippen molar-refractivity contribution in [2.75, 3.05) is 26.2 Å². The summed E-state index contributed by atoms with van der Waals surface area (Å²) in [6.45, 7) is 8.38. The van der Waals surface area contributed by atoms with Gasteiger partial charge in [-0.3, -0.25) is 9.69 Å². The van der Waals surface area contributed by atoms with Crippen molar-refractivity contribution in [3.63, 3.8) is 0 Å². The molecule has 1 saturated carbocycles. The molecular formula is C16H29N3O. The number of fused-ring (bicyclic) bond motifs is 1. The SMILES string of the molecule is CCN1CCN(C(=O)C2CC3CCCCC3N2)CC1C. The second-order valence-corrected chi connectivity index (χ2v) is 6.87. The van der Waals surface area contributed by atoms with Crippen LogP contribution in [0.25, 0.3) is 0 Å². The first-order valence-electron chi connectivity index (χ1n) is 8.48. The van der Waals surface area contributed by atoms with Crippen LogP contribution in [-0.4, -0.2) is 60.0 Å². The van der Waals surface area contributed by atoms with Gasteiger partial charge in [0.05, 0.1) is 6.04 Å². The van der Waals surface area contributed by atoms with Crippen molar-refractivity contribution in [1.82, 2.24) is 15.1 Å². The van der Waals surface area contributed by atoms with Gasteiger partial charge in [0.2, 0.25) is 5.91 Å². The second-order valence-electron chi connectivity index (χ2n) is 6.87. The van der Waals surface area contributed by atoms with Gasteiger partial charge in [0.25, 0.3) is 0 Å². The van der Waals surface area contributed by atoms with Gasteiger partial charge in [0.1, 0.15) is 0 Å². The molecule has 2 heterocycles. The highest BCUT2D eigenvalue weighted by Gasteiger charge is 2.40. The lowest BCUT2D eigenvalue weighted by Crippen LogP contribution is -2.56. The maximum Gasteiger partial charge on any atom is 0.239 e. The van der Waals surface area contributed by atoms with Crippen LogP contribution in [-0.2, 0) is 4.79 Å². The van der Waals surface area contributed by atoms with Crippen molar-refractivity contribution in [2.45, 2.75) is 64.1 Å². The topological polar surface area (TPSA) is 35.6 Å². The zero-order chi connectivity index (χ0) is 14.1. The van der Waals surface area contributed by atoms with E-state index >= 15 is 0 Å². The summed E-state index contributed by atoms with van der Waals surface area (Å²) in [7, 11) is 0. The van der Waals surface area contributed by atoms with Crippen LogP contribution < -0.4 is 5.32 Å². The van der Waals surface area contributed by atoms with E-state index in [4.69, 9.17) is 0 Å². The molecular weight excluding hydrogens is 250 g/mol. The van der Waals surface area contributed by atoms with E-state index in [1.807, 2.05) is 0 Å². The summed E-state index contributed by atoms with van der Waals surface area (Å²) in [5.74, 6) is 1.12. The molecule has 0 aromatic carbocycles. The molecule has 0 bridgehead atoms. The Labute approximate surface area is 122 Å². The fraction of sp³-hybridized carbons (Fsp3) is 0.938. The van der Waals surface area contributed by atoms with E-state index in [1.54, 1.807) is 0 Å². The molecule has 4 nitrogen and oxygen atoms in total. The van der Waals surface area contributed by atoms with Crippen molar-refractivity contribution < 1.29 is 4.79 Å². The van der Waals surface area contributed by atoms with Gasteiger partial charge < -0.3 is 10.2 Å². The maximum absolute atomic E-state index is 12.7. The van der Waals surface area contributed by atoms with Gasteiger partial charge in [-0.25, -0.2) is 0 Å². The van der Waals surface area contributed by atoms with Crippen LogP contribution in [0.3, 0.4) is 0 Å². The van der Waals surface area contributed by atoms with Gasteiger partial charge in [0.15, 0.2) is 0 Å². The van der Waals surface area contributed by atoms with Gasteiger partial charge in [-0.1, -0.05) is 19.8 Å². The van der Waals surface area contributed by atoms with E-state index in [0.717, 1.165) is 38.5 Å². The van der Waals surface area contributed by atoms with Crippen LogP contribution in [0.4, 0.5) is 0 Å². The van der Waals surface area contributed by atoms with Crippen LogP contribution in [0.1, 0.15) is 46.0 Å². The minimum Gasteiger partial charge on any atom is -0.339 e. The number of hydrogen-bond donors (Lipinski definition) is 1. The van der Waals surface area contributed by atoms with Crippen molar-refractivity contribution in [1.29, 1.82) is 0 Å². The zero-order valence-corrected chi connectivity index (χ0v) is 13.0. The number of piperazine rings is 1. The molecule has 0 radical (unpaired) electrons. The first kappa shape index (κ1) is 14.3. The average molecular weight is 279 g/mol. The van der Waals surface area contributed by atoms with E-state index < -0.39 is 0 Å². The predicted molar refractivity (Wildman–Crippen MR) is 80.6 cm³/mol. The minimum absolute atomic E-state index is 0.100. The third kappa shape index (κ3) is 2.73. The number of carbonyl (C=O) groups is 1. The van der Waals surface area contributed by atoms with Crippen molar-refractivity contribution in [2.24, 2.45) is 5.92 Å². The number of hydrogen-bond acceptors (Lipinski definition) is 3. The third-order valence-electron chi connectivity index (χ3n) is 5.64. The van der Waals surface area contributed by atoms with Gasteiger partial charge in [-0.2, -0.15) is 0 Å². The summed E-state index contributed by atoms with van der Waals surface area (Å²) in [6, 6.07) is 1.22. The number of amides is 1. The van der Waals surface area contributed by atoms with E-state index in [0.29, 0.717) is 18.0 Å². The van der Waals surface area contributed by atoms with Crippen molar-refractivity contribution in [3.8, 4) is 0 Å². The lowest BCUT2D eigenvalue weighted by Gasteiger charge is -2.40. The largest absolute Gasteiger partial charge is 0.339 e. The highest BCUT2D eigenvalue weighted by atomic mass is 16.2. The number of nitrogens with zero attached hydrogens (tertiary/aromatic N) is 2. The summed E-state index contributed by atoms with van der Waals surface area (Å²) in [4.78, 5) is 17.3. The van der Waals surface area contributed by atoms with Crippen LogP contribution >= 0.6 is 0 Å². The molecule has 2 aliphatic heterocycles. The standard InChI is InChI=1S/C16H29N3O/c1-3-18-8-9-19(11-12(18)2)16(20)15-10-13-6-4-5-7-14(13)17-15/h12-15,17H,3-11H2,1-2H3. The monoisotopic (exact) mass is 279 g/mol. The highest BCUT2D eigenvalue weighted by Crippen LogP contribution is 2.33. The molecule has 0 aromatic rings. The van der Waals surface area contributed by atoms with Crippen molar-refractivity contribution >= 4 is 5.91 Å². The van der Waals surface area contributed by atoms with Crippen LogP contribution in [0, 0.1) is 5.92 Å². The van der Waals surface area contributed by atoms with E-state index in [1.165, 1.54) is 25.7 Å². The first-order valence-corrected chi connectivity index (χ1v) is 8.48. The van der Waals surface area contributed by atoms with Crippen molar-refractivity contribution in [3.05, 3.63) is 0 Å². The van der Waals surface area contributed by atoms with E-state index in [2.05, 4.69) is 29.0 Å². The van der Waals surface area contributed by atoms with Gasteiger partial charge >= 0.3 is 0 Å². The maximum atomic E-state index is 12.7. The fourth-order valence-corrected chi connectivity index (χ4v) is 4.40. The summed E-state index contributed by atoms with van der Waals surface area (Å²) >= 11 is 0.